The summed E-state index contributed by atoms with van der Waals surface area (Å²) >= 11 is 0. The summed E-state index contributed by atoms with van der Waals surface area (Å²) in [5.74, 6) is -0.890. The van der Waals surface area contributed by atoms with Gasteiger partial charge in [0.15, 0.2) is 0 Å². The second-order valence-corrected chi connectivity index (χ2v) is 4.12. The first-order valence-electron chi connectivity index (χ1n) is 5.41. The van der Waals surface area contributed by atoms with Gasteiger partial charge in [-0.1, -0.05) is 18.2 Å². The van der Waals surface area contributed by atoms with Gasteiger partial charge in [0.25, 0.3) is 0 Å². The average molecular weight is 234 g/mol. The van der Waals surface area contributed by atoms with Crippen LogP contribution in [-0.2, 0) is 4.79 Å². The number of rotatable bonds is 3. The van der Waals surface area contributed by atoms with Crippen molar-refractivity contribution in [2.45, 2.75) is 12.5 Å². The van der Waals surface area contributed by atoms with Crippen molar-refractivity contribution in [1.82, 2.24) is 4.90 Å². The Morgan fingerprint density at radius 3 is 2.65 bits per heavy atom. The molecular weight excluding hydrogens is 220 g/mol. The Morgan fingerprint density at radius 1 is 1.41 bits per heavy atom. The lowest BCUT2D eigenvalue weighted by molar-refractivity contribution is -0.137. The highest BCUT2D eigenvalue weighted by Gasteiger charge is 2.37. The van der Waals surface area contributed by atoms with Crippen LogP contribution in [0.25, 0.3) is 0 Å². The number of urea groups is 1. The molecule has 17 heavy (non-hydrogen) atoms. The van der Waals surface area contributed by atoms with Crippen LogP contribution in [0.1, 0.15) is 6.42 Å². The van der Waals surface area contributed by atoms with Crippen LogP contribution in [0.5, 0.6) is 0 Å². The number of carbonyl (C=O) groups is 2. The molecule has 1 aromatic carbocycles. The Labute approximate surface area is 99.3 Å². The molecule has 1 atom stereocenters. The number of hydrogen-bond donors (Lipinski definition) is 1. The van der Waals surface area contributed by atoms with E-state index in [1.54, 1.807) is 16.8 Å². The first kappa shape index (κ1) is 11.4. The number of aliphatic carboxylic acids is 1. The van der Waals surface area contributed by atoms with E-state index in [1.807, 2.05) is 30.3 Å². The van der Waals surface area contributed by atoms with Crippen LogP contribution in [0.3, 0.4) is 0 Å². The molecule has 0 aliphatic carbocycles. The molecule has 90 valence electrons. The van der Waals surface area contributed by atoms with E-state index in [1.165, 1.54) is 0 Å². The van der Waals surface area contributed by atoms with Crippen LogP contribution < -0.4 is 4.90 Å². The van der Waals surface area contributed by atoms with Crippen molar-refractivity contribution >= 4 is 17.7 Å². The zero-order valence-electron chi connectivity index (χ0n) is 9.54. The highest BCUT2D eigenvalue weighted by atomic mass is 16.4. The maximum atomic E-state index is 12.0. The van der Waals surface area contributed by atoms with Gasteiger partial charge < -0.3 is 10.0 Å². The molecule has 0 spiro atoms. The van der Waals surface area contributed by atoms with Crippen molar-refractivity contribution < 1.29 is 14.7 Å². The quantitative estimate of drug-likeness (QED) is 0.860. The van der Waals surface area contributed by atoms with E-state index in [2.05, 4.69) is 0 Å². The maximum Gasteiger partial charge on any atom is 0.324 e. The predicted octanol–water partition coefficient (Wildman–Crippen LogP) is 1.40. The lowest BCUT2D eigenvalue weighted by Crippen LogP contribution is -2.35. The lowest BCUT2D eigenvalue weighted by Gasteiger charge is -2.21. The molecule has 0 bridgehead atoms. The molecule has 2 amide bonds. The van der Waals surface area contributed by atoms with Gasteiger partial charge in [0.05, 0.1) is 12.5 Å². The van der Waals surface area contributed by atoms with E-state index in [-0.39, 0.29) is 18.5 Å². The summed E-state index contributed by atoms with van der Waals surface area (Å²) in [5, 5.41) is 8.85. The van der Waals surface area contributed by atoms with Gasteiger partial charge in [-0.3, -0.25) is 9.69 Å². The highest BCUT2D eigenvalue weighted by Crippen LogP contribution is 2.25. The van der Waals surface area contributed by atoms with Crippen molar-refractivity contribution in [3.05, 3.63) is 30.3 Å². The zero-order valence-corrected chi connectivity index (χ0v) is 9.54. The zero-order chi connectivity index (χ0) is 12.4. The van der Waals surface area contributed by atoms with E-state index >= 15 is 0 Å². The van der Waals surface area contributed by atoms with E-state index < -0.39 is 5.97 Å². The molecule has 0 radical (unpaired) electrons. The molecule has 5 nitrogen and oxygen atoms in total. The van der Waals surface area contributed by atoms with Crippen LogP contribution >= 0.6 is 0 Å². The van der Waals surface area contributed by atoms with Crippen molar-refractivity contribution in [2.75, 3.05) is 18.5 Å². The number of carbonyl (C=O) groups excluding carboxylic acids is 1. The SMILES string of the molecule is CN1CC(CC(=O)O)N(c2ccccc2)C1=O. The molecule has 1 aliphatic rings. The molecule has 1 N–H and O–H groups in total. The van der Waals surface area contributed by atoms with Crippen LogP contribution in [0.2, 0.25) is 0 Å². The molecule has 2 rings (SSSR count). The molecule has 0 aromatic heterocycles. The van der Waals surface area contributed by atoms with E-state index in [9.17, 15) is 9.59 Å². The largest absolute Gasteiger partial charge is 0.481 e. The number of carboxylic acid groups (broad SMARTS) is 1. The van der Waals surface area contributed by atoms with Gasteiger partial charge in [0, 0.05) is 19.3 Å². The average Bonchev–Trinajstić information content (AvgIpc) is 2.55. The molecular formula is C12H14N2O3. The summed E-state index contributed by atoms with van der Waals surface area (Å²) in [4.78, 5) is 25.8. The fourth-order valence-corrected chi connectivity index (χ4v) is 2.08. The number of para-hydroxylation sites is 1. The highest BCUT2D eigenvalue weighted by molar-refractivity contribution is 5.95. The topological polar surface area (TPSA) is 60.9 Å². The second kappa shape index (κ2) is 4.45. The minimum absolute atomic E-state index is 0.0367. The standard InChI is InChI=1S/C12H14N2O3/c1-13-8-10(7-11(15)16)14(12(13)17)9-5-3-2-4-6-9/h2-6,10H,7-8H2,1H3,(H,15,16). The molecule has 1 unspecified atom stereocenters. The summed E-state index contributed by atoms with van der Waals surface area (Å²) < 4.78 is 0. The van der Waals surface area contributed by atoms with Crippen molar-refractivity contribution in [1.29, 1.82) is 0 Å². The van der Waals surface area contributed by atoms with Gasteiger partial charge in [0.2, 0.25) is 0 Å². The Balaban J connectivity index is 2.28. The third kappa shape index (κ3) is 2.22. The van der Waals surface area contributed by atoms with E-state index in [0.29, 0.717) is 6.54 Å². The normalized spacial score (nSPS) is 19.8. The molecule has 1 aromatic rings. The van der Waals surface area contributed by atoms with E-state index in [4.69, 9.17) is 5.11 Å². The van der Waals surface area contributed by atoms with Crippen molar-refractivity contribution in [3.63, 3.8) is 0 Å². The summed E-state index contributed by atoms with van der Waals surface area (Å²) in [5.41, 5.74) is 0.744. The van der Waals surface area contributed by atoms with Crippen LogP contribution in [0, 0.1) is 0 Å². The lowest BCUT2D eigenvalue weighted by atomic mass is 10.2. The third-order valence-corrected chi connectivity index (χ3v) is 2.83. The second-order valence-electron chi connectivity index (χ2n) is 4.12. The predicted molar refractivity (Wildman–Crippen MR) is 63.0 cm³/mol. The third-order valence-electron chi connectivity index (χ3n) is 2.83. The number of hydrogen-bond acceptors (Lipinski definition) is 2. The molecule has 1 heterocycles. The maximum absolute atomic E-state index is 12.0. The van der Waals surface area contributed by atoms with Crippen molar-refractivity contribution in [3.8, 4) is 0 Å². The van der Waals surface area contributed by atoms with Gasteiger partial charge in [-0.2, -0.15) is 0 Å². The minimum Gasteiger partial charge on any atom is -0.481 e. The first-order chi connectivity index (χ1) is 8.09. The number of amides is 2. The van der Waals surface area contributed by atoms with Crippen LogP contribution in [0.15, 0.2) is 30.3 Å². The fraction of sp³-hybridized carbons (Fsp3) is 0.333. The Hall–Kier alpha value is -2.04. The number of benzene rings is 1. The number of anilines is 1. The fourth-order valence-electron chi connectivity index (χ4n) is 2.08. The number of nitrogens with zero attached hydrogens (tertiary/aromatic N) is 2. The van der Waals surface area contributed by atoms with Crippen molar-refractivity contribution in [2.24, 2.45) is 0 Å². The van der Waals surface area contributed by atoms with Gasteiger partial charge in [-0.05, 0) is 12.1 Å². The Morgan fingerprint density at radius 2 is 2.06 bits per heavy atom. The first-order valence-corrected chi connectivity index (χ1v) is 5.41. The Bertz CT molecular complexity index is 433. The van der Waals surface area contributed by atoms with Crippen LogP contribution in [-0.4, -0.2) is 41.6 Å². The monoisotopic (exact) mass is 234 g/mol. The van der Waals surface area contributed by atoms with Gasteiger partial charge in [-0.25, -0.2) is 4.79 Å². The van der Waals surface area contributed by atoms with E-state index in [0.717, 1.165) is 5.69 Å². The molecule has 1 fully saturated rings. The molecule has 1 aliphatic heterocycles. The number of carboxylic acids is 1. The Kier molecular flexibility index (Phi) is 2.99. The molecule has 0 saturated carbocycles. The molecule has 5 heteroatoms. The summed E-state index contributed by atoms with van der Waals surface area (Å²) in [6, 6.07) is 8.70. The van der Waals surface area contributed by atoms with Gasteiger partial charge in [-0.15, -0.1) is 0 Å². The van der Waals surface area contributed by atoms with Crippen LogP contribution in [0.4, 0.5) is 10.5 Å². The van der Waals surface area contributed by atoms with Gasteiger partial charge >= 0.3 is 12.0 Å². The molecule has 1 saturated heterocycles. The minimum atomic E-state index is -0.890. The smallest absolute Gasteiger partial charge is 0.324 e. The summed E-state index contributed by atoms with van der Waals surface area (Å²) in [7, 11) is 1.68. The summed E-state index contributed by atoms with van der Waals surface area (Å²) in [6.45, 7) is 0.444. The van der Waals surface area contributed by atoms with Gasteiger partial charge in [0.1, 0.15) is 0 Å². The summed E-state index contributed by atoms with van der Waals surface area (Å²) in [6.07, 6.45) is -0.0367. The number of likely N-dealkylation sites (N-methyl/N-ethyl adjacent to an activating group) is 1.